The molecule has 0 N–H and O–H groups in total. The maximum atomic E-state index is 11.7. The van der Waals surface area contributed by atoms with E-state index in [0.717, 1.165) is 0 Å². The topological polar surface area (TPSA) is 46.6 Å². The van der Waals surface area contributed by atoms with Gasteiger partial charge in [0.05, 0.1) is 0 Å². The Kier molecular flexibility index (Phi) is 3.94. The molecule has 4 heteroatoms. The summed E-state index contributed by atoms with van der Waals surface area (Å²) < 4.78 is 5.24. The van der Waals surface area contributed by atoms with E-state index in [2.05, 4.69) is 0 Å². The maximum Gasteiger partial charge on any atom is 0.410 e. The summed E-state index contributed by atoms with van der Waals surface area (Å²) >= 11 is 0. The highest BCUT2D eigenvalue weighted by molar-refractivity contribution is 5.85. The molecule has 0 aromatic carbocycles. The van der Waals surface area contributed by atoms with Crippen LogP contribution >= 0.6 is 0 Å². The number of piperidine rings is 1. The van der Waals surface area contributed by atoms with Crippen LogP contribution in [0.4, 0.5) is 4.79 Å². The summed E-state index contributed by atoms with van der Waals surface area (Å²) in [5.41, 5.74) is -0.475. The summed E-state index contributed by atoms with van der Waals surface area (Å²) in [5, 5.41) is 0. The van der Waals surface area contributed by atoms with Crippen molar-refractivity contribution in [3.8, 4) is 0 Å². The van der Waals surface area contributed by atoms with Crippen molar-refractivity contribution < 1.29 is 14.3 Å². The fourth-order valence-corrected chi connectivity index (χ4v) is 1.67. The lowest BCUT2D eigenvalue weighted by Gasteiger charge is -2.32. The maximum absolute atomic E-state index is 11.7. The molecule has 1 rings (SSSR count). The van der Waals surface area contributed by atoms with E-state index in [4.69, 9.17) is 11.7 Å². The van der Waals surface area contributed by atoms with Gasteiger partial charge in [-0.1, -0.05) is 0 Å². The number of carbonyl (C=O) groups excluding carboxylic acids is 2. The molecule has 0 bridgehead atoms. The predicted octanol–water partition coefficient (Wildman–Crippen LogP) is 1.91. The van der Waals surface area contributed by atoms with Gasteiger partial charge in [0.15, 0.2) is 0 Å². The first-order valence-corrected chi connectivity index (χ1v) is 5.57. The van der Waals surface area contributed by atoms with Crippen molar-refractivity contribution in [3.05, 3.63) is 6.92 Å². The van der Waals surface area contributed by atoms with E-state index >= 15 is 0 Å². The summed E-state index contributed by atoms with van der Waals surface area (Å²) in [5.74, 6) is -0.373. The molecule has 1 heterocycles. The monoisotopic (exact) mass is 225 g/mol. The number of rotatable bonds is 1. The van der Waals surface area contributed by atoms with E-state index in [-0.39, 0.29) is 17.8 Å². The summed E-state index contributed by atoms with van der Waals surface area (Å²) in [6, 6.07) is 0. The van der Waals surface area contributed by atoms with Crippen LogP contribution in [0.1, 0.15) is 33.6 Å². The van der Waals surface area contributed by atoms with E-state index in [0.29, 0.717) is 25.9 Å². The molecular weight excluding hydrogens is 206 g/mol. The number of hydrogen-bond acceptors (Lipinski definition) is 3. The van der Waals surface area contributed by atoms with Crippen molar-refractivity contribution in [2.75, 3.05) is 13.1 Å². The zero-order chi connectivity index (χ0) is 12.3. The molecule has 0 aromatic heterocycles. The Morgan fingerprint density at radius 3 is 2.12 bits per heavy atom. The minimum absolute atomic E-state index is 0.0984. The number of nitrogens with zero attached hydrogens (tertiary/aromatic N) is 1. The van der Waals surface area contributed by atoms with Crippen LogP contribution in [0, 0.1) is 12.8 Å². The summed E-state index contributed by atoms with van der Waals surface area (Å²) in [6.45, 7) is 11.8. The Bertz CT molecular complexity index is 272. The van der Waals surface area contributed by atoms with Gasteiger partial charge >= 0.3 is 6.09 Å². The smallest absolute Gasteiger partial charge is 0.410 e. The average molecular weight is 225 g/mol. The molecule has 1 saturated heterocycles. The van der Waals surface area contributed by atoms with Gasteiger partial charge in [-0.2, -0.15) is 0 Å². The van der Waals surface area contributed by atoms with Crippen molar-refractivity contribution in [1.29, 1.82) is 0 Å². The third kappa shape index (κ3) is 3.83. The molecule has 0 aliphatic carbocycles. The third-order valence-corrected chi connectivity index (χ3v) is 2.55. The molecule has 1 amide bonds. The number of ketones is 1. The predicted molar refractivity (Wildman–Crippen MR) is 59.8 cm³/mol. The van der Waals surface area contributed by atoms with Gasteiger partial charge in [0.1, 0.15) is 11.4 Å². The Labute approximate surface area is 96.9 Å². The lowest BCUT2D eigenvalue weighted by Crippen LogP contribution is -2.42. The number of ether oxygens (including phenoxy) is 1. The number of carbonyl (C=O) groups is 2. The zero-order valence-electron chi connectivity index (χ0n) is 10.2. The second kappa shape index (κ2) is 4.85. The minimum atomic E-state index is -0.475. The zero-order valence-corrected chi connectivity index (χ0v) is 10.2. The Morgan fingerprint density at radius 2 is 1.75 bits per heavy atom. The number of Topliss-reactive ketones (excluding diaryl/α,β-unsaturated/α-hetero) is 1. The van der Waals surface area contributed by atoms with Crippen LogP contribution in [0.15, 0.2) is 0 Å². The molecule has 2 radical (unpaired) electrons. The van der Waals surface area contributed by atoms with Crippen LogP contribution in [-0.2, 0) is 9.53 Å². The number of hydrogen-bond donors (Lipinski definition) is 0. The van der Waals surface area contributed by atoms with Crippen LogP contribution in [-0.4, -0.2) is 35.5 Å². The minimum Gasteiger partial charge on any atom is -0.444 e. The van der Waals surface area contributed by atoms with Crippen molar-refractivity contribution in [1.82, 2.24) is 4.90 Å². The molecule has 90 valence electrons. The highest BCUT2D eigenvalue weighted by atomic mass is 16.6. The van der Waals surface area contributed by atoms with Crippen molar-refractivity contribution in [2.45, 2.75) is 39.2 Å². The first-order chi connectivity index (χ1) is 7.29. The fourth-order valence-electron chi connectivity index (χ4n) is 1.67. The number of likely N-dealkylation sites (tertiary alicyclic amines) is 1. The van der Waals surface area contributed by atoms with Gasteiger partial charge in [0.2, 0.25) is 0 Å². The lowest BCUT2D eigenvalue weighted by molar-refractivity contribution is -0.119. The highest BCUT2D eigenvalue weighted by Gasteiger charge is 2.28. The number of amides is 1. The largest absolute Gasteiger partial charge is 0.444 e. The second-order valence-corrected chi connectivity index (χ2v) is 5.14. The van der Waals surface area contributed by atoms with Crippen LogP contribution in [0.3, 0.4) is 0 Å². The SMILES string of the molecule is [CH]C(=O)C1CCN(C(=O)OC(C)(C)C)CC1. The van der Waals surface area contributed by atoms with Gasteiger partial charge in [0.25, 0.3) is 0 Å². The molecule has 1 aliphatic rings. The fraction of sp³-hybridized carbons (Fsp3) is 0.750. The molecule has 1 aliphatic heterocycles. The molecule has 4 nitrogen and oxygen atoms in total. The second-order valence-electron chi connectivity index (χ2n) is 5.14. The van der Waals surface area contributed by atoms with Crippen LogP contribution < -0.4 is 0 Å². The van der Waals surface area contributed by atoms with E-state index in [1.165, 1.54) is 0 Å². The first-order valence-electron chi connectivity index (χ1n) is 5.57. The van der Waals surface area contributed by atoms with E-state index in [1.807, 2.05) is 20.8 Å². The van der Waals surface area contributed by atoms with Gasteiger partial charge in [-0.05, 0) is 33.6 Å². The molecule has 0 aromatic rings. The molecule has 1 fully saturated rings. The molecule has 0 spiro atoms. The van der Waals surface area contributed by atoms with Crippen molar-refractivity contribution >= 4 is 11.9 Å². The summed E-state index contributed by atoms with van der Waals surface area (Å²) in [4.78, 5) is 24.3. The van der Waals surface area contributed by atoms with Crippen LogP contribution in [0.2, 0.25) is 0 Å². The lowest BCUT2D eigenvalue weighted by atomic mass is 9.94. The summed E-state index contributed by atoms with van der Waals surface area (Å²) in [7, 11) is 0. The summed E-state index contributed by atoms with van der Waals surface area (Å²) in [6.07, 6.45) is 0.957. The molecule has 0 unspecified atom stereocenters. The van der Waals surface area contributed by atoms with Crippen LogP contribution in [0.5, 0.6) is 0 Å². The van der Waals surface area contributed by atoms with Gasteiger partial charge < -0.3 is 9.64 Å². The Morgan fingerprint density at radius 1 is 1.25 bits per heavy atom. The van der Waals surface area contributed by atoms with Crippen molar-refractivity contribution in [2.24, 2.45) is 5.92 Å². The standard InChI is InChI=1S/C12H19NO3/c1-9(14)10-5-7-13(8-6-10)11(15)16-12(2,3)4/h1,10H,5-8H2,2-4H3. The Hall–Kier alpha value is -1.06. The van der Waals surface area contributed by atoms with E-state index < -0.39 is 5.60 Å². The first kappa shape index (κ1) is 13.0. The van der Waals surface area contributed by atoms with Gasteiger partial charge in [-0.25, -0.2) is 4.79 Å². The van der Waals surface area contributed by atoms with Crippen molar-refractivity contribution in [3.63, 3.8) is 0 Å². The van der Waals surface area contributed by atoms with Gasteiger partial charge in [-0.15, -0.1) is 0 Å². The Balaban J connectivity index is 2.42. The average Bonchev–Trinajstić information content (AvgIpc) is 2.15. The molecule has 0 atom stereocenters. The van der Waals surface area contributed by atoms with E-state index in [9.17, 15) is 9.59 Å². The molecule has 16 heavy (non-hydrogen) atoms. The highest BCUT2D eigenvalue weighted by Crippen LogP contribution is 2.19. The quantitative estimate of drug-likeness (QED) is 0.685. The van der Waals surface area contributed by atoms with Gasteiger partial charge in [0, 0.05) is 25.9 Å². The molecule has 0 saturated carbocycles. The van der Waals surface area contributed by atoms with Gasteiger partial charge in [-0.3, -0.25) is 4.79 Å². The molecular formula is C12H19NO3. The van der Waals surface area contributed by atoms with Crippen LogP contribution in [0.25, 0.3) is 0 Å². The normalized spacial score (nSPS) is 18.4. The van der Waals surface area contributed by atoms with E-state index in [1.54, 1.807) is 4.90 Å². The third-order valence-electron chi connectivity index (χ3n) is 2.55.